The van der Waals surface area contributed by atoms with Crippen molar-refractivity contribution in [2.45, 2.75) is 6.42 Å². The summed E-state index contributed by atoms with van der Waals surface area (Å²) in [6.07, 6.45) is 0.286. The molecule has 1 N–H and O–H groups in total. The van der Waals surface area contributed by atoms with Crippen LogP contribution in [0, 0.1) is 5.82 Å². The molecule has 0 amide bonds. The van der Waals surface area contributed by atoms with Crippen LogP contribution in [0.3, 0.4) is 0 Å². The normalized spacial score (nSPS) is 10.5. The first kappa shape index (κ1) is 11.3. The van der Waals surface area contributed by atoms with Gasteiger partial charge < -0.3 is 5.11 Å². The molecule has 88 valence electrons. The van der Waals surface area contributed by atoms with E-state index in [1.54, 1.807) is 25.2 Å². The Kier molecular flexibility index (Phi) is 2.91. The fraction of sp³-hybridized carbons (Fsp3) is 0.167. The zero-order valence-corrected chi connectivity index (χ0v) is 9.22. The first-order valence-electron chi connectivity index (χ1n) is 5.07. The number of aryl methyl sites for hydroxylation is 1. The van der Waals surface area contributed by atoms with Gasteiger partial charge in [0.1, 0.15) is 11.5 Å². The van der Waals surface area contributed by atoms with Crippen molar-refractivity contribution in [2.24, 2.45) is 7.05 Å². The third-order valence-corrected chi connectivity index (χ3v) is 2.48. The van der Waals surface area contributed by atoms with E-state index in [1.165, 1.54) is 16.8 Å². The molecule has 2 aromatic rings. The van der Waals surface area contributed by atoms with Crippen LogP contribution in [0.25, 0.3) is 0 Å². The number of carboxylic acids is 1. The Morgan fingerprint density at radius 2 is 2.18 bits per heavy atom. The molecular weight excluding hydrogens is 223 g/mol. The first-order valence-corrected chi connectivity index (χ1v) is 5.07. The molecule has 0 spiro atoms. The van der Waals surface area contributed by atoms with Gasteiger partial charge in [0, 0.05) is 13.5 Å². The van der Waals surface area contributed by atoms with Gasteiger partial charge in [-0.1, -0.05) is 18.2 Å². The molecule has 4 nitrogen and oxygen atoms in total. The van der Waals surface area contributed by atoms with Gasteiger partial charge in [-0.25, -0.2) is 9.18 Å². The minimum Gasteiger partial charge on any atom is -0.477 e. The lowest BCUT2D eigenvalue weighted by molar-refractivity contribution is 0.0685. The number of aromatic carboxylic acids is 1. The first-order chi connectivity index (χ1) is 8.08. The molecule has 0 aliphatic carbocycles. The van der Waals surface area contributed by atoms with Gasteiger partial charge in [-0.2, -0.15) is 5.10 Å². The number of benzene rings is 1. The Morgan fingerprint density at radius 3 is 2.76 bits per heavy atom. The van der Waals surface area contributed by atoms with Gasteiger partial charge in [0.05, 0.1) is 5.69 Å². The molecule has 1 aromatic carbocycles. The smallest absolute Gasteiger partial charge is 0.354 e. The van der Waals surface area contributed by atoms with E-state index in [0.29, 0.717) is 11.3 Å². The van der Waals surface area contributed by atoms with E-state index < -0.39 is 5.97 Å². The van der Waals surface area contributed by atoms with Crippen LogP contribution in [-0.4, -0.2) is 20.9 Å². The summed E-state index contributed by atoms with van der Waals surface area (Å²) in [6, 6.07) is 7.83. The van der Waals surface area contributed by atoms with Gasteiger partial charge in [0.2, 0.25) is 0 Å². The third kappa shape index (κ3) is 2.33. The lowest BCUT2D eigenvalue weighted by atomic mass is 10.1. The van der Waals surface area contributed by atoms with Crippen LogP contribution in [0.15, 0.2) is 30.3 Å². The maximum absolute atomic E-state index is 13.4. The maximum atomic E-state index is 13.4. The van der Waals surface area contributed by atoms with Crippen molar-refractivity contribution in [2.75, 3.05) is 0 Å². The summed E-state index contributed by atoms with van der Waals surface area (Å²) < 4.78 is 14.7. The lowest BCUT2D eigenvalue weighted by Crippen LogP contribution is -2.04. The SMILES string of the molecule is Cn1nc(Cc2ccccc2F)cc1C(=O)O. The van der Waals surface area contributed by atoms with Crippen LogP contribution in [0.2, 0.25) is 0 Å². The summed E-state index contributed by atoms with van der Waals surface area (Å²) in [4.78, 5) is 10.8. The minimum atomic E-state index is -1.04. The lowest BCUT2D eigenvalue weighted by Gasteiger charge is -1.99. The number of hydrogen-bond donors (Lipinski definition) is 1. The molecular formula is C12H11FN2O2. The van der Waals surface area contributed by atoms with Crippen LogP contribution in [0.1, 0.15) is 21.7 Å². The van der Waals surface area contributed by atoms with Gasteiger partial charge in [-0.05, 0) is 17.7 Å². The summed E-state index contributed by atoms with van der Waals surface area (Å²) in [7, 11) is 1.55. The van der Waals surface area contributed by atoms with Gasteiger partial charge in [-0.3, -0.25) is 4.68 Å². The van der Waals surface area contributed by atoms with E-state index in [0.717, 1.165) is 0 Å². The second-order valence-corrected chi connectivity index (χ2v) is 3.72. The molecule has 0 aliphatic rings. The maximum Gasteiger partial charge on any atom is 0.354 e. The molecule has 0 radical (unpaired) electrons. The zero-order chi connectivity index (χ0) is 12.4. The van der Waals surface area contributed by atoms with Crippen molar-refractivity contribution in [3.05, 3.63) is 53.1 Å². The van der Waals surface area contributed by atoms with Crippen molar-refractivity contribution in [1.29, 1.82) is 0 Å². The Hall–Kier alpha value is -2.17. The highest BCUT2D eigenvalue weighted by Gasteiger charge is 2.12. The Morgan fingerprint density at radius 1 is 1.47 bits per heavy atom. The van der Waals surface area contributed by atoms with E-state index in [-0.39, 0.29) is 17.9 Å². The second-order valence-electron chi connectivity index (χ2n) is 3.72. The summed E-state index contributed by atoms with van der Waals surface area (Å²) in [5.41, 5.74) is 1.13. The number of rotatable bonds is 3. The highest BCUT2D eigenvalue weighted by molar-refractivity contribution is 5.85. The Labute approximate surface area is 97.3 Å². The predicted octanol–water partition coefficient (Wildman–Crippen LogP) is 1.85. The molecule has 0 unspecified atom stereocenters. The van der Waals surface area contributed by atoms with E-state index in [2.05, 4.69) is 5.10 Å². The van der Waals surface area contributed by atoms with Gasteiger partial charge in [0.25, 0.3) is 0 Å². The number of carboxylic acid groups (broad SMARTS) is 1. The minimum absolute atomic E-state index is 0.0938. The number of aromatic nitrogens is 2. The summed E-state index contributed by atoms with van der Waals surface area (Å²) in [5, 5.41) is 12.9. The highest BCUT2D eigenvalue weighted by atomic mass is 19.1. The summed E-state index contributed by atoms with van der Waals surface area (Å²) in [6.45, 7) is 0. The zero-order valence-electron chi connectivity index (χ0n) is 9.22. The second kappa shape index (κ2) is 4.37. The number of carbonyl (C=O) groups is 1. The average molecular weight is 234 g/mol. The molecule has 5 heteroatoms. The van der Waals surface area contributed by atoms with E-state index in [9.17, 15) is 9.18 Å². The molecule has 2 rings (SSSR count). The van der Waals surface area contributed by atoms with Gasteiger partial charge >= 0.3 is 5.97 Å². The van der Waals surface area contributed by atoms with Crippen LogP contribution in [-0.2, 0) is 13.5 Å². The van der Waals surface area contributed by atoms with E-state index >= 15 is 0 Å². The van der Waals surface area contributed by atoms with Crippen LogP contribution in [0.5, 0.6) is 0 Å². The number of hydrogen-bond acceptors (Lipinski definition) is 2. The molecule has 17 heavy (non-hydrogen) atoms. The molecule has 0 saturated carbocycles. The van der Waals surface area contributed by atoms with E-state index in [1.807, 2.05) is 0 Å². The topological polar surface area (TPSA) is 55.1 Å². The molecule has 1 aromatic heterocycles. The largest absolute Gasteiger partial charge is 0.477 e. The predicted molar refractivity (Wildman–Crippen MR) is 59.4 cm³/mol. The Bertz CT molecular complexity index is 563. The molecule has 0 aliphatic heterocycles. The quantitative estimate of drug-likeness (QED) is 0.881. The summed E-state index contributed by atoms with van der Waals surface area (Å²) >= 11 is 0. The third-order valence-electron chi connectivity index (χ3n) is 2.48. The molecule has 0 fully saturated rings. The van der Waals surface area contributed by atoms with Crippen molar-refractivity contribution in [1.82, 2.24) is 9.78 Å². The van der Waals surface area contributed by atoms with Crippen molar-refractivity contribution in [3.8, 4) is 0 Å². The highest BCUT2D eigenvalue weighted by Crippen LogP contribution is 2.13. The van der Waals surface area contributed by atoms with Crippen molar-refractivity contribution < 1.29 is 14.3 Å². The fourth-order valence-electron chi connectivity index (χ4n) is 1.65. The molecule has 0 bridgehead atoms. The number of halogens is 1. The van der Waals surface area contributed by atoms with Crippen LogP contribution >= 0.6 is 0 Å². The van der Waals surface area contributed by atoms with Gasteiger partial charge in [0.15, 0.2) is 0 Å². The van der Waals surface area contributed by atoms with Crippen molar-refractivity contribution >= 4 is 5.97 Å². The fourth-order valence-corrected chi connectivity index (χ4v) is 1.65. The van der Waals surface area contributed by atoms with Crippen LogP contribution < -0.4 is 0 Å². The average Bonchev–Trinajstić information content (AvgIpc) is 2.63. The molecule has 0 saturated heterocycles. The monoisotopic (exact) mass is 234 g/mol. The Balaban J connectivity index is 2.28. The molecule has 1 heterocycles. The van der Waals surface area contributed by atoms with Crippen molar-refractivity contribution in [3.63, 3.8) is 0 Å². The van der Waals surface area contributed by atoms with Crippen LogP contribution in [0.4, 0.5) is 4.39 Å². The number of nitrogens with zero attached hydrogens (tertiary/aromatic N) is 2. The standard InChI is InChI=1S/C12H11FN2O2/c1-15-11(12(16)17)7-9(14-15)6-8-4-2-3-5-10(8)13/h2-5,7H,6H2,1H3,(H,16,17). The van der Waals surface area contributed by atoms with E-state index in [4.69, 9.17) is 5.11 Å². The summed E-state index contributed by atoms with van der Waals surface area (Å²) in [5.74, 6) is -1.35. The van der Waals surface area contributed by atoms with Gasteiger partial charge in [-0.15, -0.1) is 0 Å². The molecule has 0 atom stereocenters.